The monoisotopic (exact) mass is 470 g/mol. The molecule has 2 amide bonds. The summed E-state index contributed by atoms with van der Waals surface area (Å²) in [6.07, 6.45) is 13.6. The number of carbonyl (C=O) groups is 2. The van der Waals surface area contributed by atoms with E-state index in [1.54, 1.807) is 0 Å². The van der Waals surface area contributed by atoms with E-state index in [-0.39, 0.29) is 36.3 Å². The quantitative estimate of drug-likeness (QED) is 0.643. The number of hydrogen-bond donors (Lipinski definition) is 1. The highest BCUT2D eigenvalue weighted by Gasteiger charge is 2.50. The Bertz CT molecular complexity index is 815. The molecule has 2 saturated carbocycles. The minimum Gasteiger partial charge on any atom is -0.374 e. The van der Waals surface area contributed by atoms with Crippen molar-refractivity contribution in [3.05, 3.63) is 0 Å². The number of hydrogen-bond acceptors (Lipinski definition) is 5. The summed E-state index contributed by atoms with van der Waals surface area (Å²) in [6, 6.07) is 3.21. The molecule has 0 aromatic heterocycles. The fourth-order valence-corrected chi connectivity index (χ4v) is 7.45. The van der Waals surface area contributed by atoms with Gasteiger partial charge in [-0.05, 0) is 51.4 Å². The van der Waals surface area contributed by atoms with Crippen LogP contribution >= 0.6 is 0 Å². The SMILES string of the molecule is CC(CC(=O)N1CC2CC1CO2)(C(=O)NC1(C#N)CCN(C2CCCCC2)C1)C1CCCCC1. The van der Waals surface area contributed by atoms with E-state index in [9.17, 15) is 14.9 Å². The van der Waals surface area contributed by atoms with E-state index in [0.29, 0.717) is 32.2 Å². The molecule has 3 saturated heterocycles. The maximum Gasteiger partial charge on any atom is 0.228 e. The minimum atomic E-state index is -0.839. The zero-order valence-corrected chi connectivity index (χ0v) is 20.9. The van der Waals surface area contributed by atoms with Crippen LogP contribution < -0.4 is 5.32 Å². The van der Waals surface area contributed by atoms with Crippen LogP contribution in [0.5, 0.6) is 0 Å². The van der Waals surface area contributed by atoms with E-state index in [4.69, 9.17) is 4.74 Å². The summed E-state index contributed by atoms with van der Waals surface area (Å²) in [7, 11) is 0. The first-order chi connectivity index (χ1) is 16.4. The van der Waals surface area contributed by atoms with Gasteiger partial charge in [-0.3, -0.25) is 14.5 Å². The van der Waals surface area contributed by atoms with E-state index >= 15 is 0 Å². The third-order valence-corrected chi connectivity index (χ3v) is 9.72. The topological polar surface area (TPSA) is 85.7 Å². The lowest BCUT2D eigenvalue weighted by molar-refractivity contribution is -0.147. The molecule has 0 aromatic carbocycles. The number of morpholine rings is 1. The highest BCUT2D eigenvalue weighted by molar-refractivity contribution is 5.90. The number of amides is 2. The summed E-state index contributed by atoms with van der Waals surface area (Å²) in [5.74, 6) is 0.188. The highest BCUT2D eigenvalue weighted by atomic mass is 16.5. The second kappa shape index (κ2) is 9.78. The smallest absolute Gasteiger partial charge is 0.228 e. The molecule has 3 aliphatic heterocycles. The van der Waals surface area contributed by atoms with Gasteiger partial charge in [-0.15, -0.1) is 0 Å². The summed E-state index contributed by atoms with van der Waals surface area (Å²) in [5.41, 5.74) is -1.61. The Kier molecular flexibility index (Phi) is 6.92. The van der Waals surface area contributed by atoms with Crippen LogP contribution in [0.3, 0.4) is 0 Å². The normalized spacial score (nSPS) is 34.6. The number of nitrogens with one attached hydrogen (secondary N) is 1. The van der Waals surface area contributed by atoms with Gasteiger partial charge in [0.25, 0.3) is 0 Å². The number of carbonyl (C=O) groups excluding carboxylic acids is 2. The first-order valence-corrected chi connectivity index (χ1v) is 13.8. The van der Waals surface area contributed by atoms with Crippen molar-refractivity contribution in [2.75, 3.05) is 26.2 Å². The largest absolute Gasteiger partial charge is 0.374 e. The Morgan fingerprint density at radius 1 is 1.09 bits per heavy atom. The molecule has 3 heterocycles. The van der Waals surface area contributed by atoms with Gasteiger partial charge < -0.3 is 15.0 Å². The fraction of sp³-hybridized carbons (Fsp3) is 0.889. The van der Waals surface area contributed by atoms with Crippen LogP contribution in [0.1, 0.15) is 90.4 Å². The number of likely N-dealkylation sites (tertiary alicyclic amines) is 2. The van der Waals surface area contributed by atoms with E-state index in [0.717, 1.165) is 38.6 Å². The molecule has 4 atom stereocenters. The maximum absolute atomic E-state index is 14.0. The van der Waals surface area contributed by atoms with Crippen LogP contribution in [-0.2, 0) is 14.3 Å². The van der Waals surface area contributed by atoms with Gasteiger partial charge in [-0.2, -0.15) is 5.26 Å². The molecule has 1 N–H and O–H groups in total. The van der Waals surface area contributed by atoms with Crippen molar-refractivity contribution in [2.24, 2.45) is 11.3 Å². The molecule has 7 heteroatoms. The van der Waals surface area contributed by atoms with Crippen molar-refractivity contribution in [1.82, 2.24) is 15.1 Å². The van der Waals surface area contributed by atoms with Gasteiger partial charge in [-0.25, -0.2) is 0 Å². The van der Waals surface area contributed by atoms with Crippen LogP contribution in [0, 0.1) is 22.7 Å². The molecule has 5 rings (SSSR count). The molecule has 4 unspecified atom stereocenters. The summed E-state index contributed by atoms with van der Waals surface area (Å²) < 4.78 is 5.69. The minimum absolute atomic E-state index is 0.0830. The zero-order valence-electron chi connectivity index (χ0n) is 20.9. The molecule has 2 aliphatic carbocycles. The Morgan fingerprint density at radius 3 is 2.41 bits per heavy atom. The van der Waals surface area contributed by atoms with Gasteiger partial charge in [0.2, 0.25) is 11.8 Å². The number of rotatable bonds is 6. The van der Waals surface area contributed by atoms with Crippen molar-refractivity contribution in [3.63, 3.8) is 0 Å². The molecule has 2 bridgehead atoms. The lowest BCUT2D eigenvalue weighted by Gasteiger charge is -2.41. The molecular formula is C27H42N4O3. The number of fused-ring (bicyclic) bond motifs is 2. The first-order valence-electron chi connectivity index (χ1n) is 13.8. The highest BCUT2D eigenvalue weighted by Crippen LogP contribution is 2.43. The number of nitrogens with zero attached hydrogens (tertiary/aromatic N) is 3. The van der Waals surface area contributed by atoms with E-state index in [2.05, 4.69) is 16.3 Å². The predicted octanol–water partition coefficient (Wildman–Crippen LogP) is 3.38. The fourth-order valence-electron chi connectivity index (χ4n) is 7.45. The van der Waals surface area contributed by atoms with Crippen LogP contribution in [-0.4, -0.2) is 71.6 Å². The first kappa shape index (κ1) is 24.1. The Labute approximate surface area is 204 Å². The molecule has 188 valence electrons. The summed E-state index contributed by atoms with van der Waals surface area (Å²) in [5, 5.41) is 13.4. The average molecular weight is 471 g/mol. The molecule has 5 aliphatic rings. The van der Waals surface area contributed by atoms with Gasteiger partial charge >= 0.3 is 0 Å². The van der Waals surface area contributed by atoms with Crippen LogP contribution in [0.15, 0.2) is 0 Å². The third-order valence-electron chi connectivity index (χ3n) is 9.72. The second-order valence-corrected chi connectivity index (χ2v) is 12.0. The molecule has 34 heavy (non-hydrogen) atoms. The molecular weight excluding hydrogens is 428 g/mol. The van der Waals surface area contributed by atoms with Gasteiger partial charge in [0.15, 0.2) is 0 Å². The van der Waals surface area contributed by atoms with Crippen molar-refractivity contribution < 1.29 is 14.3 Å². The second-order valence-electron chi connectivity index (χ2n) is 12.0. The summed E-state index contributed by atoms with van der Waals surface area (Å²) in [4.78, 5) is 31.9. The molecule has 0 aromatic rings. The van der Waals surface area contributed by atoms with Crippen LogP contribution in [0.2, 0.25) is 0 Å². The molecule has 0 spiro atoms. The van der Waals surface area contributed by atoms with Gasteiger partial charge in [0.1, 0.15) is 5.54 Å². The van der Waals surface area contributed by atoms with Crippen molar-refractivity contribution in [3.8, 4) is 6.07 Å². The van der Waals surface area contributed by atoms with Crippen molar-refractivity contribution >= 4 is 11.8 Å². The lowest BCUT2D eigenvalue weighted by Crippen LogP contribution is -2.57. The van der Waals surface area contributed by atoms with E-state index < -0.39 is 11.0 Å². The molecule has 5 fully saturated rings. The summed E-state index contributed by atoms with van der Waals surface area (Å²) >= 11 is 0. The lowest BCUT2D eigenvalue weighted by atomic mass is 9.67. The van der Waals surface area contributed by atoms with Crippen molar-refractivity contribution in [1.29, 1.82) is 5.26 Å². The Balaban J connectivity index is 1.30. The third kappa shape index (κ3) is 4.60. The predicted molar refractivity (Wildman–Crippen MR) is 129 cm³/mol. The van der Waals surface area contributed by atoms with Crippen LogP contribution in [0.25, 0.3) is 0 Å². The van der Waals surface area contributed by atoms with Gasteiger partial charge in [-0.1, -0.05) is 38.5 Å². The number of ether oxygens (including phenoxy) is 1. The Morgan fingerprint density at radius 2 is 1.79 bits per heavy atom. The number of nitriles is 1. The maximum atomic E-state index is 14.0. The Hall–Kier alpha value is -1.65. The zero-order chi connectivity index (χ0) is 23.8. The summed E-state index contributed by atoms with van der Waals surface area (Å²) in [6.45, 7) is 4.76. The van der Waals surface area contributed by atoms with Gasteiger partial charge in [0.05, 0.1) is 30.2 Å². The van der Waals surface area contributed by atoms with E-state index in [1.165, 1.54) is 38.5 Å². The van der Waals surface area contributed by atoms with Crippen LogP contribution in [0.4, 0.5) is 0 Å². The average Bonchev–Trinajstić information content (AvgIpc) is 3.62. The van der Waals surface area contributed by atoms with E-state index in [1.807, 2.05) is 11.8 Å². The standard InChI is InChI=1S/C27H42N4O3/c1-26(20-8-4-2-5-9-20,15-24(32)31-16-23-14-22(31)17-34-23)25(33)29-27(18-28)12-13-30(19-27)21-10-6-3-7-11-21/h20-23H,2-17,19H2,1H3,(H,29,33). The molecule has 0 radical (unpaired) electrons. The molecule has 7 nitrogen and oxygen atoms in total. The van der Waals surface area contributed by atoms with Crippen molar-refractivity contribution in [2.45, 2.75) is 114 Å². The van der Waals surface area contributed by atoms with Gasteiger partial charge in [0, 0.05) is 32.1 Å².